The lowest BCUT2D eigenvalue weighted by molar-refractivity contribution is 0.0741. The Morgan fingerprint density at radius 2 is 2.00 bits per heavy atom. The summed E-state index contributed by atoms with van der Waals surface area (Å²) in [6.07, 6.45) is 10.6. The topological polar surface area (TPSA) is 38.3 Å². The van der Waals surface area contributed by atoms with Gasteiger partial charge in [0.2, 0.25) is 0 Å². The number of hydrogen-bond donors (Lipinski definition) is 1. The first-order valence-electron chi connectivity index (χ1n) is 5.51. The van der Waals surface area contributed by atoms with Gasteiger partial charge in [-0.05, 0) is 26.7 Å². The fourth-order valence-corrected chi connectivity index (χ4v) is 1.70. The third-order valence-corrected chi connectivity index (χ3v) is 2.62. The van der Waals surface area contributed by atoms with Crippen molar-refractivity contribution in [3.8, 4) is 12.3 Å². The van der Waals surface area contributed by atoms with E-state index in [-0.39, 0.29) is 6.04 Å². The predicted molar refractivity (Wildman–Crippen MR) is 59.4 cm³/mol. The van der Waals surface area contributed by atoms with Crippen LogP contribution in [-0.4, -0.2) is 17.7 Å². The number of hydrogen-bond acceptors (Lipinski definition) is 2. The third kappa shape index (κ3) is 4.24. The maximum atomic E-state index is 11.5. The van der Waals surface area contributed by atoms with Gasteiger partial charge in [-0.15, -0.1) is 6.42 Å². The SMILES string of the molecule is C#CC(C)(C)OC(=O)NC1CCCCC1. The molecule has 3 heteroatoms. The molecular formula is C12H19NO2. The quantitative estimate of drug-likeness (QED) is 0.709. The van der Waals surface area contributed by atoms with Crippen molar-refractivity contribution in [2.75, 3.05) is 0 Å². The molecule has 0 heterocycles. The maximum absolute atomic E-state index is 11.5. The van der Waals surface area contributed by atoms with Crippen molar-refractivity contribution in [3.05, 3.63) is 0 Å². The van der Waals surface area contributed by atoms with E-state index in [0.29, 0.717) is 0 Å². The molecule has 1 saturated carbocycles. The number of amides is 1. The van der Waals surface area contributed by atoms with E-state index in [1.165, 1.54) is 19.3 Å². The van der Waals surface area contributed by atoms with Gasteiger partial charge in [0.05, 0.1) is 0 Å². The van der Waals surface area contributed by atoms with Gasteiger partial charge in [0.25, 0.3) is 0 Å². The van der Waals surface area contributed by atoms with Crippen LogP contribution in [0.1, 0.15) is 46.0 Å². The first-order chi connectivity index (χ1) is 7.03. The van der Waals surface area contributed by atoms with Crippen LogP contribution in [-0.2, 0) is 4.74 Å². The van der Waals surface area contributed by atoms with E-state index < -0.39 is 11.7 Å². The highest BCUT2D eigenvalue weighted by Gasteiger charge is 2.22. The van der Waals surface area contributed by atoms with E-state index in [0.717, 1.165) is 12.8 Å². The highest BCUT2D eigenvalue weighted by atomic mass is 16.6. The lowest BCUT2D eigenvalue weighted by Crippen LogP contribution is -2.40. The van der Waals surface area contributed by atoms with Crippen LogP contribution in [0.2, 0.25) is 0 Å². The van der Waals surface area contributed by atoms with Crippen molar-refractivity contribution in [2.45, 2.75) is 57.6 Å². The Kier molecular flexibility index (Phi) is 4.02. The minimum absolute atomic E-state index is 0.264. The van der Waals surface area contributed by atoms with Crippen LogP contribution in [0.4, 0.5) is 4.79 Å². The monoisotopic (exact) mass is 209 g/mol. The second-order valence-electron chi connectivity index (χ2n) is 4.52. The summed E-state index contributed by atoms with van der Waals surface area (Å²) in [4.78, 5) is 11.5. The van der Waals surface area contributed by atoms with Crippen LogP contribution in [0.15, 0.2) is 0 Å². The predicted octanol–water partition coefficient (Wildman–Crippen LogP) is 2.46. The molecule has 0 atom stereocenters. The maximum Gasteiger partial charge on any atom is 0.408 e. The Labute approximate surface area is 91.6 Å². The average molecular weight is 209 g/mol. The summed E-state index contributed by atoms with van der Waals surface area (Å²) in [7, 11) is 0. The molecule has 15 heavy (non-hydrogen) atoms. The number of rotatable bonds is 2. The summed E-state index contributed by atoms with van der Waals surface area (Å²) in [6, 6.07) is 0.264. The van der Waals surface area contributed by atoms with Gasteiger partial charge >= 0.3 is 6.09 Å². The number of carbonyl (C=O) groups excluding carboxylic acids is 1. The van der Waals surface area contributed by atoms with Crippen LogP contribution in [0.5, 0.6) is 0 Å². The number of alkyl carbamates (subject to hydrolysis) is 1. The fraction of sp³-hybridized carbons (Fsp3) is 0.750. The van der Waals surface area contributed by atoms with Crippen molar-refractivity contribution in [2.24, 2.45) is 0 Å². The third-order valence-electron chi connectivity index (χ3n) is 2.62. The van der Waals surface area contributed by atoms with Gasteiger partial charge in [0.15, 0.2) is 5.60 Å². The molecule has 0 saturated heterocycles. The highest BCUT2D eigenvalue weighted by molar-refractivity contribution is 5.68. The number of nitrogens with one attached hydrogen (secondary N) is 1. The highest BCUT2D eigenvalue weighted by Crippen LogP contribution is 2.18. The Bertz CT molecular complexity index is 259. The number of ether oxygens (including phenoxy) is 1. The molecule has 1 aliphatic carbocycles. The molecule has 0 unspecified atom stereocenters. The largest absolute Gasteiger partial charge is 0.430 e. The van der Waals surface area contributed by atoms with Gasteiger partial charge in [-0.1, -0.05) is 25.2 Å². The standard InChI is InChI=1S/C12H19NO2/c1-4-12(2,3)15-11(14)13-10-8-6-5-7-9-10/h1,10H,5-9H2,2-3H3,(H,13,14). The van der Waals surface area contributed by atoms with Gasteiger partial charge in [0, 0.05) is 6.04 Å². The first kappa shape index (κ1) is 11.9. The summed E-state index contributed by atoms with van der Waals surface area (Å²) >= 11 is 0. The molecule has 0 aromatic heterocycles. The summed E-state index contributed by atoms with van der Waals surface area (Å²) < 4.78 is 5.10. The molecule has 0 radical (unpaired) electrons. The van der Waals surface area contributed by atoms with E-state index in [1.807, 2.05) is 0 Å². The zero-order valence-electron chi connectivity index (χ0n) is 9.51. The van der Waals surface area contributed by atoms with E-state index in [9.17, 15) is 4.79 Å². The van der Waals surface area contributed by atoms with Gasteiger partial charge in [0.1, 0.15) is 0 Å². The van der Waals surface area contributed by atoms with Crippen molar-refractivity contribution >= 4 is 6.09 Å². The molecule has 84 valence electrons. The molecule has 3 nitrogen and oxygen atoms in total. The zero-order chi connectivity index (χ0) is 11.3. The van der Waals surface area contributed by atoms with Crippen LogP contribution in [0.25, 0.3) is 0 Å². The molecule has 0 aromatic rings. The molecule has 1 amide bonds. The van der Waals surface area contributed by atoms with E-state index in [2.05, 4.69) is 11.2 Å². The molecule has 1 fully saturated rings. The molecule has 0 aromatic carbocycles. The lowest BCUT2D eigenvalue weighted by Gasteiger charge is -2.25. The first-order valence-corrected chi connectivity index (χ1v) is 5.51. The molecule has 0 bridgehead atoms. The van der Waals surface area contributed by atoms with Gasteiger partial charge in [-0.3, -0.25) is 0 Å². The second kappa shape index (κ2) is 5.06. The summed E-state index contributed by atoms with van der Waals surface area (Å²) in [5.41, 5.74) is -0.821. The van der Waals surface area contributed by atoms with E-state index in [4.69, 9.17) is 11.2 Å². The van der Waals surface area contributed by atoms with Crippen LogP contribution in [0, 0.1) is 12.3 Å². The molecular weight excluding hydrogens is 190 g/mol. The van der Waals surface area contributed by atoms with E-state index >= 15 is 0 Å². The Hall–Kier alpha value is -1.17. The average Bonchev–Trinajstić information content (AvgIpc) is 2.18. The summed E-state index contributed by atoms with van der Waals surface area (Å²) in [5.74, 6) is 2.43. The minimum atomic E-state index is -0.821. The van der Waals surface area contributed by atoms with Gasteiger partial charge in [-0.2, -0.15) is 0 Å². The van der Waals surface area contributed by atoms with Gasteiger partial charge in [-0.25, -0.2) is 4.79 Å². The second-order valence-corrected chi connectivity index (χ2v) is 4.52. The smallest absolute Gasteiger partial charge is 0.408 e. The molecule has 1 rings (SSSR count). The van der Waals surface area contributed by atoms with E-state index in [1.54, 1.807) is 13.8 Å². The molecule has 0 aliphatic heterocycles. The summed E-state index contributed by atoms with van der Waals surface area (Å²) in [5, 5.41) is 2.85. The zero-order valence-corrected chi connectivity index (χ0v) is 9.51. The normalized spacial score (nSPS) is 17.9. The minimum Gasteiger partial charge on any atom is -0.430 e. The van der Waals surface area contributed by atoms with Crippen molar-refractivity contribution in [1.29, 1.82) is 0 Å². The van der Waals surface area contributed by atoms with Crippen molar-refractivity contribution < 1.29 is 9.53 Å². The summed E-state index contributed by atoms with van der Waals surface area (Å²) in [6.45, 7) is 3.40. The lowest BCUT2D eigenvalue weighted by atomic mass is 9.96. The molecule has 0 spiro atoms. The van der Waals surface area contributed by atoms with Crippen LogP contribution >= 0.6 is 0 Å². The fourth-order valence-electron chi connectivity index (χ4n) is 1.70. The van der Waals surface area contributed by atoms with Crippen molar-refractivity contribution in [1.82, 2.24) is 5.32 Å². The van der Waals surface area contributed by atoms with Gasteiger partial charge < -0.3 is 10.1 Å². The molecule has 1 N–H and O–H groups in total. The Morgan fingerprint density at radius 1 is 1.40 bits per heavy atom. The van der Waals surface area contributed by atoms with Crippen LogP contribution in [0.3, 0.4) is 0 Å². The Balaban J connectivity index is 2.32. The van der Waals surface area contributed by atoms with Crippen molar-refractivity contribution in [3.63, 3.8) is 0 Å². The Morgan fingerprint density at radius 3 is 2.53 bits per heavy atom. The number of terminal acetylenes is 1. The number of carbonyl (C=O) groups is 1. The van der Waals surface area contributed by atoms with Crippen LogP contribution < -0.4 is 5.32 Å². The molecule has 1 aliphatic rings.